The van der Waals surface area contributed by atoms with E-state index < -0.39 is 36.0 Å². The zero-order valence-corrected chi connectivity index (χ0v) is 11.7. The van der Waals surface area contributed by atoms with Crippen LogP contribution in [0.2, 0.25) is 0 Å². The third-order valence-electron chi connectivity index (χ3n) is 3.27. The fourth-order valence-corrected chi connectivity index (χ4v) is 2.74. The van der Waals surface area contributed by atoms with Crippen LogP contribution in [0.15, 0.2) is 0 Å². The van der Waals surface area contributed by atoms with Gasteiger partial charge in [0.1, 0.15) is 12.2 Å². The molecule has 1 aliphatic heterocycles. The van der Waals surface area contributed by atoms with E-state index in [2.05, 4.69) is 0 Å². The van der Waals surface area contributed by atoms with Gasteiger partial charge in [-0.2, -0.15) is 0 Å². The van der Waals surface area contributed by atoms with Crippen LogP contribution in [-0.4, -0.2) is 42.1 Å². The van der Waals surface area contributed by atoms with Gasteiger partial charge in [0.05, 0.1) is 6.10 Å². The van der Waals surface area contributed by atoms with Gasteiger partial charge in [0, 0.05) is 13.8 Å². The summed E-state index contributed by atoms with van der Waals surface area (Å²) in [6, 6.07) is 0. The molecule has 0 aromatic rings. The Hall–Kier alpha value is -1.14. The SMILES string of the molecule is CC(=O)OC1CCC2OC(C)(C)OC2C1OC(C)=O. The minimum absolute atomic E-state index is 0.133. The van der Waals surface area contributed by atoms with Gasteiger partial charge in [0.15, 0.2) is 11.9 Å². The van der Waals surface area contributed by atoms with Crippen molar-refractivity contribution in [3.8, 4) is 0 Å². The third kappa shape index (κ3) is 3.25. The molecule has 0 aromatic carbocycles. The van der Waals surface area contributed by atoms with Crippen molar-refractivity contribution >= 4 is 11.9 Å². The van der Waals surface area contributed by atoms with Gasteiger partial charge in [0.25, 0.3) is 0 Å². The van der Waals surface area contributed by atoms with Gasteiger partial charge >= 0.3 is 11.9 Å². The van der Waals surface area contributed by atoms with Crippen LogP contribution in [0.5, 0.6) is 0 Å². The standard InChI is InChI=1S/C13H20O6/c1-7(14)16-9-5-6-10-12(11(9)17-8(2)15)19-13(3,4)18-10/h9-12H,5-6H2,1-4H3. The van der Waals surface area contributed by atoms with Gasteiger partial charge in [0.2, 0.25) is 0 Å². The van der Waals surface area contributed by atoms with Gasteiger partial charge < -0.3 is 18.9 Å². The highest BCUT2D eigenvalue weighted by Gasteiger charge is 2.52. The van der Waals surface area contributed by atoms with Crippen molar-refractivity contribution in [1.29, 1.82) is 0 Å². The molecule has 2 aliphatic rings. The van der Waals surface area contributed by atoms with E-state index in [0.29, 0.717) is 12.8 Å². The maximum atomic E-state index is 11.2. The Morgan fingerprint density at radius 2 is 1.68 bits per heavy atom. The summed E-state index contributed by atoms with van der Waals surface area (Å²) in [6.07, 6.45) is -0.299. The molecule has 108 valence electrons. The minimum atomic E-state index is -0.709. The molecule has 0 amide bonds. The third-order valence-corrected chi connectivity index (χ3v) is 3.27. The van der Waals surface area contributed by atoms with E-state index in [0.717, 1.165) is 0 Å². The molecule has 0 spiro atoms. The Kier molecular flexibility index (Phi) is 3.82. The average molecular weight is 272 g/mol. The molecule has 0 radical (unpaired) electrons. The number of carbonyl (C=O) groups is 2. The van der Waals surface area contributed by atoms with Gasteiger partial charge in [-0.15, -0.1) is 0 Å². The zero-order chi connectivity index (χ0) is 14.2. The van der Waals surface area contributed by atoms with Crippen LogP contribution < -0.4 is 0 Å². The summed E-state index contributed by atoms with van der Waals surface area (Å²) in [5.41, 5.74) is 0. The molecule has 0 bridgehead atoms. The normalized spacial score (nSPS) is 36.4. The number of hydrogen-bond acceptors (Lipinski definition) is 6. The molecule has 4 unspecified atom stereocenters. The Bertz CT molecular complexity index is 377. The number of fused-ring (bicyclic) bond motifs is 1. The number of hydrogen-bond donors (Lipinski definition) is 0. The van der Waals surface area contributed by atoms with Crippen molar-refractivity contribution in [1.82, 2.24) is 0 Å². The van der Waals surface area contributed by atoms with Gasteiger partial charge in [-0.3, -0.25) is 9.59 Å². The summed E-state index contributed by atoms with van der Waals surface area (Å²) in [7, 11) is 0. The maximum Gasteiger partial charge on any atom is 0.303 e. The summed E-state index contributed by atoms with van der Waals surface area (Å²) in [5, 5.41) is 0. The maximum absolute atomic E-state index is 11.2. The quantitative estimate of drug-likeness (QED) is 0.703. The van der Waals surface area contributed by atoms with Gasteiger partial charge in [-0.05, 0) is 26.7 Å². The van der Waals surface area contributed by atoms with Crippen LogP contribution in [0.1, 0.15) is 40.5 Å². The van der Waals surface area contributed by atoms with Crippen molar-refractivity contribution in [2.24, 2.45) is 0 Å². The molecule has 1 saturated carbocycles. The van der Waals surface area contributed by atoms with Crippen LogP contribution in [0, 0.1) is 0 Å². The predicted octanol–water partition coefficient (Wildman–Crippen LogP) is 1.16. The molecule has 1 heterocycles. The summed E-state index contributed by atoms with van der Waals surface area (Å²) in [4.78, 5) is 22.4. The minimum Gasteiger partial charge on any atom is -0.458 e. The monoisotopic (exact) mass is 272 g/mol. The smallest absolute Gasteiger partial charge is 0.303 e. The van der Waals surface area contributed by atoms with E-state index in [4.69, 9.17) is 18.9 Å². The zero-order valence-electron chi connectivity index (χ0n) is 11.7. The van der Waals surface area contributed by atoms with E-state index in [1.54, 1.807) is 0 Å². The molecular weight excluding hydrogens is 252 g/mol. The molecule has 2 fully saturated rings. The first-order valence-corrected chi connectivity index (χ1v) is 6.48. The Labute approximate surface area is 112 Å². The fourth-order valence-electron chi connectivity index (χ4n) is 2.74. The lowest BCUT2D eigenvalue weighted by atomic mass is 9.89. The van der Waals surface area contributed by atoms with Gasteiger partial charge in [-0.25, -0.2) is 0 Å². The van der Waals surface area contributed by atoms with Crippen LogP contribution in [0.25, 0.3) is 0 Å². The van der Waals surface area contributed by atoms with Crippen LogP contribution >= 0.6 is 0 Å². The predicted molar refractivity (Wildman–Crippen MR) is 64.2 cm³/mol. The largest absolute Gasteiger partial charge is 0.458 e. The average Bonchev–Trinajstić information content (AvgIpc) is 2.55. The van der Waals surface area contributed by atoms with E-state index >= 15 is 0 Å². The molecule has 4 atom stereocenters. The Balaban J connectivity index is 2.16. The summed E-state index contributed by atoms with van der Waals surface area (Å²) in [5.74, 6) is -1.52. The highest BCUT2D eigenvalue weighted by molar-refractivity contribution is 5.67. The molecular formula is C13H20O6. The van der Waals surface area contributed by atoms with Crippen LogP contribution in [0.4, 0.5) is 0 Å². The molecule has 1 aliphatic carbocycles. The lowest BCUT2D eigenvalue weighted by molar-refractivity contribution is -0.189. The van der Waals surface area contributed by atoms with Crippen LogP contribution in [0.3, 0.4) is 0 Å². The molecule has 6 nitrogen and oxygen atoms in total. The van der Waals surface area contributed by atoms with Gasteiger partial charge in [-0.1, -0.05) is 0 Å². The summed E-state index contributed by atoms with van der Waals surface area (Å²) in [6.45, 7) is 6.30. The van der Waals surface area contributed by atoms with Crippen molar-refractivity contribution in [2.75, 3.05) is 0 Å². The second kappa shape index (κ2) is 5.09. The lowest BCUT2D eigenvalue weighted by Crippen LogP contribution is -2.51. The number of carbonyl (C=O) groups excluding carboxylic acids is 2. The van der Waals surface area contributed by atoms with Crippen molar-refractivity contribution in [3.63, 3.8) is 0 Å². The lowest BCUT2D eigenvalue weighted by Gasteiger charge is -2.36. The highest BCUT2D eigenvalue weighted by Crippen LogP contribution is 2.39. The van der Waals surface area contributed by atoms with Crippen LogP contribution in [-0.2, 0) is 28.5 Å². The number of esters is 2. The molecule has 0 aromatic heterocycles. The highest BCUT2D eigenvalue weighted by atomic mass is 16.8. The molecule has 2 rings (SSSR count). The van der Waals surface area contributed by atoms with E-state index in [1.165, 1.54) is 13.8 Å². The first kappa shape index (κ1) is 14.3. The first-order chi connectivity index (χ1) is 8.78. The molecule has 0 N–H and O–H groups in total. The van der Waals surface area contributed by atoms with Crippen molar-refractivity contribution in [3.05, 3.63) is 0 Å². The Morgan fingerprint density at radius 1 is 1.05 bits per heavy atom. The fraction of sp³-hybridized carbons (Fsp3) is 0.846. The van der Waals surface area contributed by atoms with E-state index in [-0.39, 0.29) is 6.10 Å². The Morgan fingerprint density at radius 3 is 2.26 bits per heavy atom. The second-order valence-corrected chi connectivity index (χ2v) is 5.44. The summed E-state index contributed by atoms with van der Waals surface area (Å²) < 4.78 is 22.1. The van der Waals surface area contributed by atoms with Crippen molar-refractivity contribution < 1.29 is 28.5 Å². The summed E-state index contributed by atoms with van der Waals surface area (Å²) >= 11 is 0. The molecule has 6 heteroatoms. The molecule has 19 heavy (non-hydrogen) atoms. The van der Waals surface area contributed by atoms with Crippen molar-refractivity contribution in [2.45, 2.75) is 70.7 Å². The molecule has 1 saturated heterocycles. The number of ether oxygens (including phenoxy) is 4. The van der Waals surface area contributed by atoms with E-state index in [1.807, 2.05) is 13.8 Å². The first-order valence-electron chi connectivity index (χ1n) is 6.48. The topological polar surface area (TPSA) is 71.1 Å². The number of rotatable bonds is 2. The second-order valence-electron chi connectivity index (χ2n) is 5.44. The van der Waals surface area contributed by atoms with E-state index in [9.17, 15) is 9.59 Å².